The molecule has 1 aromatic carbocycles. The van der Waals surface area contributed by atoms with Gasteiger partial charge in [0.15, 0.2) is 0 Å². The molecular weight excluding hydrogens is 215 g/mol. The van der Waals surface area contributed by atoms with Gasteiger partial charge in [-0.2, -0.15) is 0 Å². The maximum Gasteiger partial charge on any atom is 0.131 e. The van der Waals surface area contributed by atoms with Crippen LogP contribution >= 0.6 is 18.8 Å². The molecule has 0 aromatic heterocycles. The zero-order valence-electron chi connectivity index (χ0n) is 8.24. The Kier molecular flexibility index (Phi) is 6.10. The minimum Gasteiger partial charge on any atom is -0.256 e. The SMILES string of the molecule is CNNP(NNC)Sc1ccccc1. The average molecular weight is 230 g/mol. The maximum atomic E-state index is 3.14. The van der Waals surface area contributed by atoms with Crippen LogP contribution in [0.25, 0.3) is 0 Å². The van der Waals surface area contributed by atoms with Crippen LogP contribution in [0.4, 0.5) is 0 Å². The van der Waals surface area contributed by atoms with E-state index in [9.17, 15) is 0 Å². The van der Waals surface area contributed by atoms with E-state index in [-0.39, 0.29) is 0 Å². The Hall–Kier alpha value is -0.160. The number of rotatable bonds is 6. The first-order valence-corrected chi connectivity index (χ1v) is 7.01. The molecule has 1 rings (SSSR count). The maximum absolute atomic E-state index is 3.14. The molecule has 0 bridgehead atoms. The minimum atomic E-state index is -0.543. The molecule has 0 unspecified atom stereocenters. The predicted molar refractivity (Wildman–Crippen MR) is 63.6 cm³/mol. The van der Waals surface area contributed by atoms with Crippen molar-refractivity contribution in [2.24, 2.45) is 0 Å². The second-order valence-electron chi connectivity index (χ2n) is 2.42. The van der Waals surface area contributed by atoms with Crippen LogP contribution in [0.3, 0.4) is 0 Å². The third kappa shape index (κ3) is 4.37. The van der Waals surface area contributed by atoms with E-state index in [4.69, 9.17) is 0 Å². The zero-order valence-corrected chi connectivity index (χ0v) is 9.95. The number of hydrogen-bond acceptors (Lipinski definition) is 5. The molecule has 0 heterocycles. The summed E-state index contributed by atoms with van der Waals surface area (Å²) in [5.74, 6) is 0. The topological polar surface area (TPSA) is 48.1 Å². The normalized spacial score (nSPS) is 10.8. The van der Waals surface area contributed by atoms with Crippen molar-refractivity contribution in [3.8, 4) is 0 Å². The van der Waals surface area contributed by atoms with Crippen molar-refractivity contribution in [2.75, 3.05) is 14.1 Å². The Bertz CT molecular complexity index is 240. The molecule has 0 aliphatic rings. The standard InChI is InChI=1S/C8H15N4PS/c1-9-11-13(12-10-2)14-8-6-4-3-5-7-8/h3-7,9-12H,1-2H3. The van der Waals surface area contributed by atoms with Gasteiger partial charge in [-0.1, -0.05) is 29.6 Å². The minimum absolute atomic E-state index is 0.543. The molecule has 6 heteroatoms. The van der Waals surface area contributed by atoms with E-state index in [0.717, 1.165) is 0 Å². The highest BCUT2D eigenvalue weighted by Crippen LogP contribution is 2.45. The van der Waals surface area contributed by atoms with Gasteiger partial charge < -0.3 is 0 Å². The predicted octanol–water partition coefficient (Wildman–Crippen LogP) is 1.45. The summed E-state index contributed by atoms with van der Waals surface area (Å²) in [5.41, 5.74) is 5.86. The molecule has 0 atom stereocenters. The van der Waals surface area contributed by atoms with Crippen LogP contribution in [-0.2, 0) is 0 Å². The quantitative estimate of drug-likeness (QED) is 0.440. The molecule has 78 valence electrons. The van der Waals surface area contributed by atoms with Crippen LogP contribution in [0.5, 0.6) is 0 Å². The van der Waals surface area contributed by atoms with Gasteiger partial charge in [0.2, 0.25) is 0 Å². The molecule has 0 spiro atoms. The van der Waals surface area contributed by atoms with Gasteiger partial charge in [0.1, 0.15) is 7.42 Å². The van der Waals surface area contributed by atoms with E-state index < -0.39 is 7.42 Å². The van der Waals surface area contributed by atoms with E-state index in [1.807, 2.05) is 32.3 Å². The molecular formula is C8H15N4PS. The summed E-state index contributed by atoms with van der Waals surface area (Å²) in [7, 11) is 3.18. The lowest BCUT2D eigenvalue weighted by Gasteiger charge is -2.17. The summed E-state index contributed by atoms with van der Waals surface area (Å²) >= 11 is 1.76. The third-order valence-electron chi connectivity index (χ3n) is 1.37. The Labute approximate surface area is 89.8 Å². The second kappa shape index (κ2) is 7.17. The lowest BCUT2D eigenvalue weighted by molar-refractivity contribution is 0.754. The van der Waals surface area contributed by atoms with Crippen LogP contribution in [0, 0.1) is 0 Å². The van der Waals surface area contributed by atoms with Crippen molar-refractivity contribution >= 4 is 18.8 Å². The summed E-state index contributed by atoms with van der Waals surface area (Å²) in [6.07, 6.45) is 0. The summed E-state index contributed by atoms with van der Waals surface area (Å²) in [5, 5.41) is 6.27. The first-order valence-electron chi connectivity index (χ1n) is 4.24. The summed E-state index contributed by atoms with van der Waals surface area (Å²) in [4.78, 5) is 1.24. The highest BCUT2D eigenvalue weighted by atomic mass is 32.7. The first kappa shape index (κ1) is 11.9. The molecule has 4 nitrogen and oxygen atoms in total. The van der Waals surface area contributed by atoms with Gasteiger partial charge in [0.25, 0.3) is 0 Å². The molecule has 0 saturated heterocycles. The van der Waals surface area contributed by atoms with Gasteiger partial charge >= 0.3 is 0 Å². The zero-order chi connectivity index (χ0) is 10.2. The monoisotopic (exact) mass is 230 g/mol. The summed E-state index contributed by atoms with van der Waals surface area (Å²) < 4.78 is 0. The van der Waals surface area contributed by atoms with E-state index in [1.165, 1.54) is 4.90 Å². The van der Waals surface area contributed by atoms with Gasteiger partial charge in [-0.25, -0.2) is 10.4 Å². The van der Waals surface area contributed by atoms with E-state index in [1.54, 1.807) is 11.4 Å². The van der Waals surface area contributed by atoms with Crippen molar-refractivity contribution in [1.82, 2.24) is 21.2 Å². The van der Waals surface area contributed by atoms with Crippen molar-refractivity contribution in [2.45, 2.75) is 4.90 Å². The first-order chi connectivity index (χ1) is 6.86. The van der Waals surface area contributed by atoms with Crippen LogP contribution in [0.2, 0.25) is 0 Å². The molecule has 4 N–H and O–H groups in total. The van der Waals surface area contributed by atoms with Gasteiger partial charge in [-0.05, 0) is 26.2 Å². The summed E-state index contributed by atoms with van der Waals surface area (Å²) in [6, 6.07) is 10.3. The molecule has 14 heavy (non-hydrogen) atoms. The average Bonchev–Trinajstić information content (AvgIpc) is 2.20. The molecule has 0 saturated carbocycles. The van der Waals surface area contributed by atoms with Crippen LogP contribution in [-0.4, -0.2) is 14.1 Å². The molecule has 0 radical (unpaired) electrons. The molecule has 0 amide bonds. The van der Waals surface area contributed by atoms with E-state index in [0.29, 0.717) is 0 Å². The van der Waals surface area contributed by atoms with Gasteiger partial charge in [0.05, 0.1) is 0 Å². The lowest BCUT2D eigenvalue weighted by Crippen LogP contribution is -2.31. The van der Waals surface area contributed by atoms with E-state index >= 15 is 0 Å². The van der Waals surface area contributed by atoms with Crippen LogP contribution in [0.15, 0.2) is 35.2 Å². The Morgan fingerprint density at radius 3 is 2.07 bits per heavy atom. The second-order valence-corrected chi connectivity index (χ2v) is 5.76. The Morgan fingerprint density at radius 1 is 1.00 bits per heavy atom. The Morgan fingerprint density at radius 2 is 1.57 bits per heavy atom. The number of nitrogens with one attached hydrogen (secondary N) is 4. The van der Waals surface area contributed by atoms with Gasteiger partial charge in [0, 0.05) is 4.90 Å². The van der Waals surface area contributed by atoms with Crippen molar-refractivity contribution in [3.63, 3.8) is 0 Å². The fraction of sp³-hybridized carbons (Fsp3) is 0.250. The molecule has 0 fully saturated rings. The highest BCUT2D eigenvalue weighted by molar-refractivity contribution is 8.54. The van der Waals surface area contributed by atoms with Crippen LogP contribution in [0.1, 0.15) is 0 Å². The fourth-order valence-corrected chi connectivity index (χ4v) is 3.73. The van der Waals surface area contributed by atoms with Crippen molar-refractivity contribution in [3.05, 3.63) is 30.3 Å². The molecule has 0 aliphatic carbocycles. The number of hydrogen-bond donors (Lipinski definition) is 4. The van der Waals surface area contributed by atoms with Crippen molar-refractivity contribution in [1.29, 1.82) is 0 Å². The van der Waals surface area contributed by atoms with Gasteiger partial charge in [-0.3, -0.25) is 10.9 Å². The smallest absolute Gasteiger partial charge is 0.131 e. The number of benzene rings is 1. The largest absolute Gasteiger partial charge is 0.256 e. The lowest BCUT2D eigenvalue weighted by atomic mass is 10.4. The molecule has 0 aliphatic heterocycles. The van der Waals surface area contributed by atoms with Crippen LogP contribution < -0.4 is 21.2 Å². The number of hydrazine groups is 2. The fourth-order valence-electron chi connectivity index (χ4n) is 0.863. The van der Waals surface area contributed by atoms with E-state index in [2.05, 4.69) is 33.4 Å². The highest BCUT2D eigenvalue weighted by Gasteiger charge is 2.06. The summed E-state index contributed by atoms with van der Waals surface area (Å²) in [6.45, 7) is 0. The third-order valence-corrected chi connectivity index (χ3v) is 4.61. The molecule has 1 aromatic rings. The van der Waals surface area contributed by atoms with Crippen molar-refractivity contribution < 1.29 is 0 Å². The van der Waals surface area contributed by atoms with Gasteiger partial charge in [-0.15, -0.1) is 0 Å². The Balaban J connectivity index is 2.46.